The van der Waals surface area contributed by atoms with Crippen LogP contribution in [0.1, 0.15) is 30.0 Å². The summed E-state index contributed by atoms with van der Waals surface area (Å²) < 4.78 is 13.2. The Labute approximate surface area is 160 Å². The smallest absolute Gasteiger partial charge is 0.303 e. The summed E-state index contributed by atoms with van der Waals surface area (Å²) >= 11 is 0. The number of amides is 1. The Morgan fingerprint density at radius 1 is 1.00 bits per heavy atom. The molecule has 7 heteroatoms. The van der Waals surface area contributed by atoms with Crippen LogP contribution < -0.4 is 0 Å². The maximum Gasteiger partial charge on any atom is 0.303 e. The van der Waals surface area contributed by atoms with Gasteiger partial charge in [0.05, 0.1) is 11.6 Å². The van der Waals surface area contributed by atoms with Gasteiger partial charge in [0.15, 0.2) is 0 Å². The molecule has 0 radical (unpaired) electrons. The highest BCUT2D eigenvalue weighted by Crippen LogP contribution is 2.39. The fourth-order valence-corrected chi connectivity index (χ4v) is 3.26. The van der Waals surface area contributed by atoms with Crippen LogP contribution >= 0.6 is 0 Å². The first-order valence-corrected chi connectivity index (χ1v) is 8.71. The molecule has 1 atom stereocenters. The predicted molar refractivity (Wildman–Crippen MR) is 98.7 cm³/mol. The van der Waals surface area contributed by atoms with E-state index in [4.69, 9.17) is 5.11 Å². The van der Waals surface area contributed by atoms with Gasteiger partial charge in [0, 0.05) is 18.5 Å². The van der Waals surface area contributed by atoms with Crippen molar-refractivity contribution in [3.63, 3.8) is 0 Å². The maximum atomic E-state index is 13.2. The summed E-state index contributed by atoms with van der Waals surface area (Å²) in [5.41, 5.74) is 0.727. The van der Waals surface area contributed by atoms with E-state index in [1.165, 1.54) is 17.0 Å². The van der Waals surface area contributed by atoms with Crippen molar-refractivity contribution in [2.75, 3.05) is 6.54 Å². The molecular formula is C21H18FNO5. The molecular weight excluding hydrogens is 365 g/mol. The highest BCUT2D eigenvalue weighted by Gasteiger charge is 2.45. The van der Waals surface area contributed by atoms with E-state index < -0.39 is 35.3 Å². The number of carboxylic acids is 1. The largest absolute Gasteiger partial charge is 0.507 e. The number of benzene rings is 2. The van der Waals surface area contributed by atoms with Gasteiger partial charge >= 0.3 is 5.97 Å². The third kappa shape index (κ3) is 3.78. The molecule has 2 aromatic carbocycles. The van der Waals surface area contributed by atoms with Gasteiger partial charge in [0.1, 0.15) is 11.6 Å². The number of aliphatic carboxylic acids is 1. The maximum absolute atomic E-state index is 13.2. The lowest BCUT2D eigenvalue weighted by molar-refractivity contribution is -0.140. The number of carbonyl (C=O) groups excluding carboxylic acids is 2. The summed E-state index contributed by atoms with van der Waals surface area (Å²) in [6.45, 7) is 0.0522. The Balaban J connectivity index is 2.07. The van der Waals surface area contributed by atoms with E-state index in [2.05, 4.69) is 0 Å². The van der Waals surface area contributed by atoms with Gasteiger partial charge in [-0.3, -0.25) is 14.4 Å². The van der Waals surface area contributed by atoms with E-state index in [0.717, 1.165) is 12.1 Å². The molecule has 2 aromatic rings. The zero-order valence-corrected chi connectivity index (χ0v) is 14.8. The highest BCUT2D eigenvalue weighted by molar-refractivity contribution is 6.46. The number of Topliss-reactive ketones (excluding diaryl/α,β-unsaturated/α-hetero) is 1. The molecule has 2 N–H and O–H groups in total. The van der Waals surface area contributed by atoms with Crippen molar-refractivity contribution in [1.29, 1.82) is 0 Å². The van der Waals surface area contributed by atoms with Crippen LogP contribution in [0, 0.1) is 5.82 Å². The molecule has 1 aliphatic rings. The SMILES string of the molecule is O=C(O)CCCN1C(=O)C(=O)C(=C(O)c2ccc(F)cc2)C1c1ccccc1. The molecule has 0 aliphatic carbocycles. The molecule has 0 bridgehead atoms. The monoisotopic (exact) mass is 383 g/mol. The lowest BCUT2D eigenvalue weighted by Crippen LogP contribution is -2.31. The van der Waals surface area contributed by atoms with Gasteiger partial charge in [0.25, 0.3) is 11.7 Å². The van der Waals surface area contributed by atoms with Crippen molar-refractivity contribution in [1.82, 2.24) is 4.90 Å². The van der Waals surface area contributed by atoms with Gasteiger partial charge < -0.3 is 15.1 Å². The Kier molecular flexibility index (Phi) is 5.54. The van der Waals surface area contributed by atoms with Gasteiger partial charge in [-0.2, -0.15) is 0 Å². The minimum absolute atomic E-state index is 0.0522. The van der Waals surface area contributed by atoms with Crippen LogP contribution in [0.25, 0.3) is 5.76 Å². The highest BCUT2D eigenvalue weighted by atomic mass is 19.1. The summed E-state index contributed by atoms with van der Waals surface area (Å²) in [4.78, 5) is 37.3. The summed E-state index contributed by atoms with van der Waals surface area (Å²) in [6.07, 6.45) is 0.0186. The fraction of sp³-hybridized carbons (Fsp3) is 0.190. The summed E-state index contributed by atoms with van der Waals surface area (Å²) in [6, 6.07) is 12.8. The first-order valence-electron chi connectivity index (χ1n) is 8.71. The lowest BCUT2D eigenvalue weighted by atomic mass is 9.95. The zero-order chi connectivity index (χ0) is 20.3. The predicted octanol–water partition coefficient (Wildman–Crippen LogP) is 3.11. The quantitative estimate of drug-likeness (QED) is 0.454. The number of rotatable bonds is 6. The molecule has 0 saturated carbocycles. The van der Waals surface area contributed by atoms with Crippen LogP contribution in [-0.2, 0) is 14.4 Å². The fourth-order valence-electron chi connectivity index (χ4n) is 3.26. The molecule has 1 heterocycles. The number of hydrogen-bond donors (Lipinski definition) is 2. The van der Waals surface area contributed by atoms with Crippen LogP contribution in [0.2, 0.25) is 0 Å². The Morgan fingerprint density at radius 2 is 1.64 bits per heavy atom. The number of ketones is 1. The molecule has 1 saturated heterocycles. The number of halogens is 1. The normalized spacial score (nSPS) is 18.5. The number of carbonyl (C=O) groups is 3. The molecule has 1 aliphatic heterocycles. The molecule has 1 amide bonds. The lowest BCUT2D eigenvalue weighted by Gasteiger charge is -2.25. The van der Waals surface area contributed by atoms with Crippen LogP contribution in [-0.4, -0.2) is 39.3 Å². The number of hydrogen-bond acceptors (Lipinski definition) is 4. The number of nitrogens with zero attached hydrogens (tertiary/aromatic N) is 1. The van der Waals surface area contributed by atoms with Crippen LogP contribution in [0.3, 0.4) is 0 Å². The van der Waals surface area contributed by atoms with E-state index in [1.807, 2.05) is 0 Å². The Hall–Kier alpha value is -3.48. The van der Waals surface area contributed by atoms with Crippen molar-refractivity contribution in [2.45, 2.75) is 18.9 Å². The van der Waals surface area contributed by atoms with Gasteiger partial charge in [-0.1, -0.05) is 30.3 Å². The molecule has 1 fully saturated rings. The third-order valence-corrected chi connectivity index (χ3v) is 4.56. The zero-order valence-electron chi connectivity index (χ0n) is 14.8. The number of aliphatic hydroxyl groups excluding tert-OH is 1. The van der Waals surface area contributed by atoms with Crippen molar-refractivity contribution >= 4 is 23.4 Å². The van der Waals surface area contributed by atoms with E-state index in [1.54, 1.807) is 30.3 Å². The summed E-state index contributed by atoms with van der Waals surface area (Å²) in [5, 5.41) is 19.6. The molecule has 28 heavy (non-hydrogen) atoms. The molecule has 6 nitrogen and oxygen atoms in total. The van der Waals surface area contributed by atoms with Crippen molar-refractivity contribution in [3.05, 3.63) is 77.1 Å². The average Bonchev–Trinajstić information content (AvgIpc) is 2.93. The second-order valence-electron chi connectivity index (χ2n) is 6.41. The van der Waals surface area contributed by atoms with Gasteiger partial charge in [0.2, 0.25) is 0 Å². The van der Waals surface area contributed by atoms with Crippen LogP contribution in [0.15, 0.2) is 60.2 Å². The van der Waals surface area contributed by atoms with E-state index in [-0.39, 0.29) is 30.5 Å². The van der Waals surface area contributed by atoms with Crippen molar-refractivity contribution in [3.8, 4) is 0 Å². The standard InChI is InChI=1S/C21H18FNO5/c22-15-10-8-14(9-11-15)19(26)17-18(13-5-2-1-3-6-13)23(21(28)20(17)27)12-4-7-16(24)25/h1-3,5-6,8-11,18,26H,4,7,12H2,(H,24,25). The van der Waals surface area contributed by atoms with Crippen molar-refractivity contribution < 1.29 is 29.0 Å². The van der Waals surface area contributed by atoms with Gasteiger partial charge in [-0.25, -0.2) is 4.39 Å². The topological polar surface area (TPSA) is 94.9 Å². The Morgan fingerprint density at radius 3 is 2.25 bits per heavy atom. The van der Waals surface area contributed by atoms with Gasteiger partial charge in [-0.15, -0.1) is 0 Å². The molecule has 1 unspecified atom stereocenters. The average molecular weight is 383 g/mol. The molecule has 144 valence electrons. The first-order chi connectivity index (χ1) is 13.4. The number of likely N-dealkylation sites (tertiary alicyclic amines) is 1. The second-order valence-corrected chi connectivity index (χ2v) is 6.41. The Bertz CT molecular complexity index is 937. The van der Waals surface area contributed by atoms with Crippen LogP contribution in [0.5, 0.6) is 0 Å². The van der Waals surface area contributed by atoms with E-state index >= 15 is 0 Å². The number of aliphatic hydroxyl groups is 1. The minimum atomic E-state index is -1.00. The van der Waals surface area contributed by atoms with Gasteiger partial charge in [-0.05, 0) is 36.2 Å². The third-order valence-electron chi connectivity index (χ3n) is 4.56. The first kappa shape index (κ1) is 19.3. The minimum Gasteiger partial charge on any atom is -0.507 e. The second kappa shape index (κ2) is 8.04. The van der Waals surface area contributed by atoms with Crippen molar-refractivity contribution in [2.24, 2.45) is 0 Å². The van der Waals surface area contributed by atoms with E-state index in [9.17, 15) is 23.9 Å². The molecule has 0 spiro atoms. The van der Waals surface area contributed by atoms with E-state index in [0.29, 0.717) is 5.56 Å². The molecule has 3 rings (SSSR count). The summed E-state index contributed by atoms with van der Waals surface area (Å²) in [5.74, 6) is -3.55. The molecule has 0 aromatic heterocycles. The summed E-state index contributed by atoms with van der Waals surface area (Å²) in [7, 11) is 0. The van der Waals surface area contributed by atoms with Crippen LogP contribution in [0.4, 0.5) is 4.39 Å². The number of carboxylic acid groups (broad SMARTS) is 1.